The Hall–Kier alpha value is -0.410. The van der Waals surface area contributed by atoms with Crippen LogP contribution in [-0.4, -0.2) is 11.8 Å². The Kier molecular flexibility index (Phi) is 5.12. The maximum Gasteiger partial charge on any atom is 0.116 e. The molecule has 1 atom stereocenters. The summed E-state index contributed by atoms with van der Waals surface area (Å²) in [5.41, 5.74) is 6.72. The minimum absolute atomic E-state index is 0.669. The Morgan fingerprint density at radius 3 is 2.93 bits per heavy atom. The molecule has 0 amide bonds. The van der Waals surface area contributed by atoms with Crippen LogP contribution in [0.4, 0.5) is 0 Å². The third kappa shape index (κ3) is 3.76. The van der Waals surface area contributed by atoms with Crippen molar-refractivity contribution in [1.29, 1.82) is 0 Å². The Bertz CT molecular complexity index is 260. The van der Waals surface area contributed by atoms with Crippen molar-refractivity contribution in [3.8, 4) is 0 Å². The van der Waals surface area contributed by atoms with Crippen LogP contribution in [0.1, 0.15) is 31.1 Å². The summed E-state index contributed by atoms with van der Waals surface area (Å²) in [6.07, 6.45) is 4.07. The van der Waals surface area contributed by atoms with Crippen LogP contribution in [0.15, 0.2) is 16.7 Å². The third-order valence-corrected chi connectivity index (χ3v) is 3.52. The Balaban J connectivity index is 2.23. The molecule has 1 aromatic rings. The molecule has 1 aromatic heterocycles. The zero-order valence-corrected chi connectivity index (χ0v) is 9.77. The minimum atomic E-state index is 0.669. The van der Waals surface area contributed by atoms with Crippen LogP contribution in [0.3, 0.4) is 0 Å². The SMILES string of the molecule is Cc1ccoc1CSC(C)CCCN. The lowest BCUT2D eigenvalue weighted by atomic mass is 10.2. The molecule has 1 rings (SSSR count). The summed E-state index contributed by atoms with van der Waals surface area (Å²) in [4.78, 5) is 0. The van der Waals surface area contributed by atoms with E-state index in [0.29, 0.717) is 5.25 Å². The van der Waals surface area contributed by atoms with E-state index < -0.39 is 0 Å². The van der Waals surface area contributed by atoms with Gasteiger partial charge in [-0.3, -0.25) is 0 Å². The molecule has 14 heavy (non-hydrogen) atoms. The van der Waals surface area contributed by atoms with E-state index in [-0.39, 0.29) is 0 Å². The Labute approximate surface area is 90.2 Å². The quantitative estimate of drug-likeness (QED) is 0.789. The lowest BCUT2D eigenvalue weighted by Gasteiger charge is -2.09. The van der Waals surface area contributed by atoms with E-state index in [2.05, 4.69) is 13.8 Å². The molecule has 0 saturated heterocycles. The summed E-state index contributed by atoms with van der Waals surface area (Å²) in [6.45, 7) is 5.13. The van der Waals surface area contributed by atoms with Crippen molar-refractivity contribution in [3.63, 3.8) is 0 Å². The van der Waals surface area contributed by atoms with E-state index in [0.717, 1.165) is 24.5 Å². The molecular formula is C11H19NOS. The first-order chi connectivity index (χ1) is 6.74. The summed E-state index contributed by atoms with van der Waals surface area (Å²) in [6, 6.07) is 2.01. The van der Waals surface area contributed by atoms with Crippen LogP contribution in [0, 0.1) is 6.92 Å². The number of thioether (sulfide) groups is 1. The molecule has 0 aliphatic carbocycles. The minimum Gasteiger partial charge on any atom is -0.468 e. The first-order valence-corrected chi connectivity index (χ1v) is 6.13. The van der Waals surface area contributed by atoms with Crippen LogP contribution in [0.2, 0.25) is 0 Å². The van der Waals surface area contributed by atoms with Crippen molar-refractivity contribution in [3.05, 3.63) is 23.7 Å². The van der Waals surface area contributed by atoms with Crippen LogP contribution in [0.5, 0.6) is 0 Å². The molecule has 80 valence electrons. The highest BCUT2D eigenvalue weighted by atomic mass is 32.2. The van der Waals surface area contributed by atoms with Gasteiger partial charge in [-0.2, -0.15) is 11.8 Å². The van der Waals surface area contributed by atoms with E-state index >= 15 is 0 Å². The molecule has 0 aliphatic heterocycles. The summed E-state index contributed by atoms with van der Waals surface area (Å²) in [5, 5.41) is 0.669. The van der Waals surface area contributed by atoms with Crippen LogP contribution in [0.25, 0.3) is 0 Å². The van der Waals surface area contributed by atoms with Gasteiger partial charge in [0.05, 0.1) is 12.0 Å². The van der Waals surface area contributed by atoms with Crippen molar-refractivity contribution in [2.24, 2.45) is 5.73 Å². The Morgan fingerprint density at radius 1 is 1.57 bits per heavy atom. The van der Waals surface area contributed by atoms with E-state index in [1.165, 1.54) is 12.0 Å². The predicted octanol–water partition coefficient (Wildman–Crippen LogP) is 2.95. The molecule has 0 fully saturated rings. The van der Waals surface area contributed by atoms with Gasteiger partial charge in [0.2, 0.25) is 0 Å². The number of nitrogens with two attached hydrogens (primary N) is 1. The van der Waals surface area contributed by atoms with Crippen molar-refractivity contribution >= 4 is 11.8 Å². The molecule has 2 nitrogen and oxygen atoms in total. The largest absolute Gasteiger partial charge is 0.468 e. The molecule has 1 heterocycles. The molecular weight excluding hydrogens is 194 g/mol. The lowest BCUT2D eigenvalue weighted by molar-refractivity contribution is 0.527. The highest BCUT2D eigenvalue weighted by Gasteiger charge is 2.06. The summed E-state index contributed by atoms with van der Waals surface area (Å²) >= 11 is 1.94. The maximum atomic E-state index is 5.46. The van der Waals surface area contributed by atoms with Gasteiger partial charge < -0.3 is 10.2 Å². The average Bonchev–Trinajstić information content (AvgIpc) is 2.58. The molecule has 0 spiro atoms. The zero-order valence-electron chi connectivity index (χ0n) is 8.95. The predicted molar refractivity (Wildman–Crippen MR) is 62.5 cm³/mol. The number of rotatable bonds is 6. The van der Waals surface area contributed by atoms with Crippen LogP contribution in [-0.2, 0) is 5.75 Å². The molecule has 1 unspecified atom stereocenters. The van der Waals surface area contributed by atoms with Gasteiger partial charge in [0, 0.05) is 5.25 Å². The second-order valence-corrected chi connectivity index (χ2v) is 5.01. The standard InChI is InChI=1S/C11H19NOS/c1-9-5-7-13-11(9)8-14-10(2)4-3-6-12/h5,7,10H,3-4,6,8,12H2,1-2H3. The second kappa shape index (κ2) is 6.14. The van der Waals surface area contributed by atoms with E-state index in [9.17, 15) is 0 Å². The molecule has 2 N–H and O–H groups in total. The summed E-state index contributed by atoms with van der Waals surface area (Å²) < 4.78 is 5.37. The van der Waals surface area contributed by atoms with Crippen molar-refractivity contribution in [2.75, 3.05) is 6.54 Å². The molecule has 0 bridgehead atoms. The monoisotopic (exact) mass is 213 g/mol. The third-order valence-electron chi connectivity index (χ3n) is 2.28. The van der Waals surface area contributed by atoms with Gasteiger partial charge in [0.25, 0.3) is 0 Å². The van der Waals surface area contributed by atoms with Crippen LogP contribution < -0.4 is 5.73 Å². The molecule has 0 aromatic carbocycles. The fourth-order valence-corrected chi connectivity index (χ4v) is 2.32. The van der Waals surface area contributed by atoms with Crippen molar-refractivity contribution in [2.45, 2.75) is 37.7 Å². The number of hydrogen-bond acceptors (Lipinski definition) is 3. The van der Waals surface area contributed by atoms with Gasteiger partial charge in [-0.15, -0.1) is 0 Å². The molecule has 3 heteroatoms. The van der Waals surface area contributed by atoms with Gasteiger partial charge in [0.15, 0.2) is 0 Å². The first kappa shape index (κ1) is 11.7. The topological polar surface area (TPSA) is 39.2 Å². The van der Waals surface area contributed by atoms with E-state index in [1.54, 1.807) is 6.26 Å². The Morgan fingerprint density at radius 2 is 2.36 bits per heavy atom. The zero-order chi connectivity index (χ0) is 10.4. The normalized spacial score (nSPS) is 13.1. The van der Waals surface area contributed by atoms with Gasteiger partial charge in [-0.25, -0.2) is 0 Å². The highest BCUT2D eigenvalue weighted by molar-refractivity contribution is 7.99. The molecule has 0 saturated carbocycles. The van der Waals surface area contributed by atoms with Crippen LogP contribution >= 0.6 is 11.8 Å². The summed E-state index contributed by atoms with van der Waals surface area (Å²) in [5.74, 6) is 2.08. The average molecular weight is 213 g/mol. The maximum absolute atomic E-state index is 5.46. The summed E-state index contributed by atoms with van der Waals surface area (Å²) in [7, 11) is 0. The van der Waals surface area contributed by atoms with E-state index in [4.69, 9.17) is 10.2 Å². The smallest absolute Gasteiger partial charge is 0.116 e. The van der Waals surface area contributed by atoms with E-state index in [1.807, 2.05) is 17.8 Å². The fourth-order valence-electron chi connectivity index (χ4n) is 1.26. The number of furan rings is 1. The van der Waals surface area contributed by atoms with Crippen molar-refractivity contribution < 1.29 is 4.42 Å². The number of aryl methyl sites for hydroxylation is 1. The molecule has 0 radical (unpaired) electrons. The lowest BCUT2D eigenvalue weighted by Crippen LogP contribution is -2.04. The highest BCUT2D eigenvalue weighted by Crippen LogP contribution is 2.23. The number of hydrogen-bond donors (Lipinski definition) is 1. The molecule has 0 aliphatic rings. The van der Waals surface area contributed by atoms with Gasteiger partial charge in [-0.1, -0.05) is 6.92 Å². The first-order valence-electron chi connectivity index (χ1n) is 5.08. The fraction of sp³-hybridized carbons (Fsp3) is 0.636. The van der Waals surface area contributed by atoms with Crippen molar-refractivity contribution in [1.82, 2.24) is 0 Å². The second-order valence-electron chi connectivity index (χ2n) is 3.58. The van der Waals surface area contributed by atoms with Gasteiger partial charge >= 0.3 is 0 Å². The van der Waals surface area contributed by atoms with Gasteiger partial charge in [-0.05, 0) is 37.9 Å². The van der Waals surface area contributed by atoms with Gasteiger partial charge in [0.1, 0.15) is 5.76 Å².